The Bertz CT molecular complexity index is 1330. The number of hydrogen-bond acceptors (Lipinski definition) is 7. The number of nitrogens with zero attached hydrogens (tertiary/aromatic N) is 3. The van der Waals surface area contributed by atoms with Gasteiger partial charge in [0, 0.05) is 5.56 Å². The number of methoxy groups -OCH3 is 1. The van der Waals surface area contributed by atoms with Crippen molar-refractivity contribution < 1.29 is 22.7 Å². The molecule has 11 heteroatoms. The van der Waals surface area contributed by atoms with Crippen molar-refractivity contribution in [1.82, 2.24) is 15.2 Å². The quantitative estimate of drug-likeness (QED) is 0.289. The highest BCUT2D eigenvalue weighted by atomic mass is 32.2. The lowest BCUT2D eigenvalue weighted by atomic mass is 10.2. The Balaban J connectivity index is 1.41. The third kappa shape index (κ3) is 5.98. The summed E-state index contributed by atoms with van der Waals surface area (Å²) in [6, 6.07) is 16.3. The fourth-order valence-corrected chi connectivity index (χ4v) is 4.81. The molecule has 0 bridgehead atoms. The van der Waals surface area contributed by atoms with Crippen LogP contribution in [-0.4, -0.2) is 34.0 Å². The minimum absolute atomic E-state index is 0.0516. The van der Waals surface area contributed by atoms with Crippen molar-refractivity contribution in [2.45, 2.75) is 18.1 Å². The molecule has 4 aromatic rings. The van der Waals surface area contributed by atoms with Gasteiger partial charge in [0.2, 0.25) is 5.91 Å². The maximum Gasteiger partial charge on any atom is 0.416 e. The third-order valence-corrected chi connectivity index (χ3v) is 6.99. The number of benzene rings is 2. The number of halogens is 3. The maximum absolute atomic E-state index is 13.0. The number of carbonyl (C=O) groups is 1. The van der Waals surface area contributed by atoms with Gasteiger partial charge in [-0.1, -0.05) is 42.1 Å². The number of carbonyl (C=O) groups excluding carboxylic acids is 1. The highest BCUT2D eigenvalue weighted by Gasteiger charge is 2.31. The van der Waals surface area contributed by atoms with Gasteiger partial charge in [0.05, 0.1) is 34.7 Å². The van der Waals surface area contributed by atoms with Crippen LogP contribution in [0.3, 0.4) is 0 Å². The first-order chi connectivity index (χ1) is 16.7. The van der Waals surface area contributed by atoms with Gasteiger partial charge in [-0.25, -0.2) is 4.98 Å². The first-order valence-corrected chi connectivity index (χ1v) is 12.1. The Hall–Kier alpha value is -3.44. The molecule has 6 nitrogen and oxygen atoms in total. The number of alkyl halides is 3. The highest BCUT2D eigenvalue weighted by Crippen LogP contribution is 2.36. The number of aromatic nitrogens is 3. The van der Waals surface area contributed by atoms with Crippen molar-refractivity contribution in [3.8, 4) is 26.9 Å². The van der Waals surface area contributed by atoms with Crippen LogP contribution in [0, 0.1) is 6.92 Å². The van der Waals surface area contributed by atoms with Crippen LogP contribution in [0.4, 0.5) is 18.9 Å². The molecule has 4 rings (SSSR count). The highest BCUT2D eigenvalue weighted by molar-refractivity contribution is 7.99. The number of ether oxygens (including phenoxy) is 1. The van der Waals surface area contributed by atoms with E-state index in [2.05, 4.69) is 20.5 Å². The average Bonchev–Trinajstić information content (AvgIpc) is 3.24. The number of anilines is 1. The van der Waals surface area contributed by atoms with Crippen LogP contribution < -0.4 is 10.1 Å². The van der Waals surface area contributed by atoms with Crippen molar-refractivity contribution in [2.24, 2.45) is 0 Å². The zero-order valence-electron chi connectivity index (χ0n) is 18.6. The Morgan fingerprint density at radius 3 is 2.51 bits per heavy atom. The lowest BCUT2D eigenvalue weighted by Gasteiger charge is -2.13. The molecule has 0 aliphatic rings. The molecule has 0 spiro atoms. The zero-order chi connectivity index (χ0) is 25.0. The van der Waals surface area contributed by atoms with E-state index in [-0.39, 0.29) is 17.2 Å². The molecule has 1 amide bonds. The second kappa shape index (κ2) is 10.4. The lowest BCUT2D eigenvalue weighted by Crippen LogP contribution is -2.16. The first kappa shape index (κ1) is 24.7. The van der Waals surface area contributed by atoms with Gasteiger partial charge in [0.25, 0.3) is 0 Å². The van der Waals surface area contributed by atoms with E-state index >= 15 is 0 Å². The molecule has 0 aliphatic carbocycles. The summed E-state index contributed by atoms with van der Waals surface area (Å²) in [7, 11) is 1.32. The Labute approximate surface area is 207 Å². The number of aryl methyl sites for hydroxylation is 1. The lowest BCUT2D eigenvalue weighted by molar-refractivity contribution is -0.137. The smallest absolute Gasteiger partial charge is 0.416 e. The van der Waals surface area contributed by atoms with E-state index in [4.69, 9.17) is 4.74 Å². The number of amides is 1. The second-order valence-electron chi connectivity index (χ2n) is 7.31. The van der Waals surface area contributed by atoms with E-state index in [1.165, 1.54) is 24.5 Å². The van der Waals surface area contributed by atoms with Crippen LogP contribution in [0.1, 0.15) is 11.3 Å². The first-order valence-electron chi connectivity index (χ1n) is 10.3. The molecule has 0 aliphatic heterocycles. The molecule has 0 radical (unpaired) electrons. The van der Waals surface area contributed by atoms with E-state index in [0.29, 0.717) is 10.7 Å². The van der Waals surface area contributed by atoms with Crippen LogP contribution in [0.2, 0.25) is 0 Å². The number of thioether (sulfide) groups is 1. The van der Waals surface area contributed by atoms with Crippen molar-refractivity contribution in [3.63, 3.8) is 0 Å². The molecule has 35 heavy (non-hydrogen) atoms. The van der Waals surface area contributed by atoms with Crippen molar-refractivity contribution >= 4 is 34.7 Å². The fourth-order valence-electron chi connectivity index (χ4n) is 3.16. The number of nitrogens with one attached hydrogen (secondary N) is 1. The minimum atomic E-state index is -4.53. The molecule has 0 atom stereocenters. The zero-order valence-corrected chi connectivity index (χ0v) is 20.2. The molecule has 0 fully saturated rings. The van der Waals surface area contributed by atoms with Gasteiger partial charge < -0.3 is 10.1 Å². The molecule has 1 N–H and O–H groups in total. The van der Waals surface area contributed by atoms with Gasteiger partial charge in [-0.2, -0.15) is 13.2 Å². The standard InChI is InChI=1S/C24H19F3N4O2S2/c1-14-22(35-23(28-14)15-6-4-3-5-7-15)17-9-11-21(31-30-17)34-13-20(32)29-18-12-16(24(25,26)27)8-10-19(18)33-2/h3-12H,13H2,1-2H3,(H,29,32). The van der Waals surface area contributed by atoms with Crippen molar-refractivity contribution in [2.75, 3.05) is 18.2 Å². The molecule has 0 saturated carbocycles. The Kier molecular flexibility index (Phi) is 7.37. The molecule has 2 heterocycles. The molecule has 0 unspecified atom stereocenters. The van der Waals surface area contributed by atoms with E-state index in [9.17, 15) is 18.0 Å². The largest absolute Gasteiger partial charge is 0.495 e. The number of rotatable bonds is 7. The summed E-state index contributed by atoms with van der Waals surface area (Å²) < 4.78 is 44.1. The van der Waals surface area contributed by atoms with Gasteiger partial charge in [-0.3, -0.25) is 4.79 Å². The number of hydrogen-bond donors (Lipinski definition) is 1. The summed E-state index contributed by atoms with van der Waals surface area (Å²) in [6.07, 6.45) is -4.53. The van der Waals surface area contributed by atoms with Gasteiger partial charge in [0.15, 0.2) is 0 Å². The van der Waals surface area contributed by atoms with Crippen LogP contribution in [0.5, 0.6) is 5.75 Å². The third-order valence-electron chi connectivity index (χ3n) is 4.84. The summed E-state index contributed by atoms with van der Waals surface area (Å²) in [5, 5.41) is 12.3. The normalized spacial score (nSPS) is 11.3. The summed E-state index contributed by atoms with van der Waals surface area (Å²) in [5.41, 5.74) is 1.61. The number of thiazole rings is 1. The summed E-state index contributed by atoms with van der Waals surface area (Å²) >= 11 is 2.64. The molecular weight excluding hydrogens is 497 g/mol. The molecule has 0 saturated heterocycles. The van der Waals surface area contributed by atoms with Gasteiger partial charge >= 0.3 is 6.18 Å². The fraction of sp³-hybridized carbons (Fsp3) is 0.167. The van der Waals surface area contributed by atoms with E-state index in [1.807, 2.05) is 37.3 Å². The van der Waals surface area contributed by atoms with Crippen molar-refractivity contribution in [3.05, 3.63) is 71.9 Å². The van der Waals surface area contributed by atoms with Crippen LogP contribution in [0.15, 0.2) is 65.7 Å². The summed E-state index contributed by atoms with van der Waals surface area (Å²) in [5.74, 6) is -0.426. The monoisotopic (exact) mass is 516 g/mol. The molecular formula is C24H19F3N4O2S2. The van der Waals surface area contributed by atoms with Gasteiger partial charge in [-0.05, 0) is 37.3 Å². The van der Waals surface area contributed by atoms with E-state index in [0.717, 1.165) is 45.0 Å². The van der Waals surface area contributed by atoms with Crippen LogP contribution >= 0.6 is 23.1 Å². The van der Waals surface area contributed by atoms with E-state index in [1.54, 1.807) is 12.1 Å². The summed E-state index contributed by atoms with van der Waals surface area (Å²) in [6.45, 7) is 1.91. The molecule has 2 aromatic carbocycles. The van der Waals surface area contributed by atoms with Gasteiger partial charge in [0.1, 0.15) is 21.5 Å². The van der Waals surface area contributed by atoms with Gasteiger partial charge in [-0.15, -0.1) is 21.5 Å². The maximum atomic E-state index is 13.0. The summed E-state index contributed by atoms with van der Waals surface area (Å²) in [4.78, 5) is 17.9. The average molecular weight is 517 g/mol. The van der Waals surface area contributed by atoms with E-state index < -0.39 is 17.6 Å². The van der Waals surface area contributed by atoms with Crippen LogP contribution in [0.25, 0.3) is 21.1 Å². The SMILES string of the molecule is COc1ccc(C(F)(F)F)cc1NC(=O)CSc1ccc(-c2sc(-c3ccccc3)nc2C)nn1. The molecule has 180 valence electrons. The Morgan fingerprint density at radius 1 is 1.09 bits per heavy atom. The molecule has 2 aromatic heterocycles. The topological polar surface area (TPSA) is 77.0 Å². The predicted molar refractivity (Wildman–Crippen MR) is 131 cm³/mol. The Morgan fingerprint density at radius 2 is 1.86 bits per heavy atom. The van der Waals surface area contributed by atoms with Crippen molar-refractivity contribution in [1.29, 1.82) is 0 Å². The van der Waals surface area contributed by atoms with Crippen LogP contribution in [-0.2, 0) is 11.0 Å². The predicted octanol–water partition coefficient (Wildman–Crippen LogP) is 6.33. The minimum Gasteiger partial charge on any atom is -0.495 e. The second-order valence-corrected chi connectivity index (χ2v) is 9.30.